The van der Waals surface area contributed by atoms with Crippen molar-refractivity contribution < 1.29 is 19.0 Å². The number of rotatable bonds is 6. The Morgan fingerprint density at radius 1 is 0.853 bits per heavy atom. The molecule has 0 radical (unpaired) electrons. The van der Waals surface area contributed by atoms with Gasteiger partial charge in [0.05, 0.1) is 0 Å². The average molecular weight is 463 g/mol. The smallest absolute Gasteiger partial charge is 0.410 e. The first-order valence-corrected chi connectivity index (χ1v) is 12.5. The van der Waals surface area contributed by atoms with Gasteiger partial charge in [-0.3, -0.25) is 0 Å². The van der Waals surface area contributed by atoms with Gasteiger partial charge in [-0.25, -0.2) is 4.79 Å². The van der Waals surface area contributed by atoms with E-state index in [-0.39, 0.29) is 12.4 Å². The van der Waals surface area contributed by atoms with Crippen molar-refractivity contribution in [2.75, 3.05) is 31.1 Å². The summed E-state index contributed by atoms with van der Waals surface area (Å²) in [5.41, 5.74) is 3.70. The molecule has 2 aromatic rings. The number of carbonyl (C=O) groups is 1. The Balaban J connectivity index is 1.05. The maximum Gasteiger partial charge on any atom is 0.410 e. The van der Waals surface area contributed by atoms with Gasteiger partial charge < -0.3 is 24.0 Å². The first kappa shape index (κ1) is 22.6. The van der Waals surface area contributed by atoms with Gasteiger partial charge in [0.2, 0.25) is 6.29 Å². The molecule has 34 heavy (non-hydrogen) atoms. The Hall–Kier alpha value is -3.15. The molecule has 3 heterocycles. The third-order valence-corrected chi connectivity index (χ3v) is 7.34. The minimum absolute atomic E-state index is 0.0898. The number of ether oxygens (including phenoxy) is 3. The maximum atomic E-state index is 12.4. The van der Waals surface area contributed by atoms with E-state index in [1.807, 2.05) is 35.2 Å². The zero-order valence-electron chi connectivity index (χ0n) is 19.7. The lowest BCUT2D eigenvalue weighted by molar-refractivity contribution is -0.0411. The fourth-order valence-corrected chi connectivity index (χ4v) is 5.24. The van der Waals surface area contributed by atoms with Crippen molar-refractivity contribution in [2.24, 2.45) is 5.92 Å². The zero-order chi connectivity index (χ0) is 23.2. The van der Waals surface area contributed by atoms with Crippen LogP contribution in [0.15, 0.2) is 67.1 Å². The van der Waals surface area contributed by atoms with E-state index < -0.39 is 0 Å². The Kier molecular flexibility index (Phi) is 7.22. The molecule has 0 unspecified atom stereocenters. The number of hydrogen-bond donors (Lipinski definition) is 0. The van der Waals surface area contributed by atoms with Gasteiger partial charge in [-0.05, 0) is 60.8 Å². The van der Waals surface area contributed by atoms with Crippen molar-refractivity contribution in [3.63, 3.8) is 0 Å². The molecule has 5 rings (SSSR count). The molecule has 0 N–H and O–H groups in total. The van der Waals surface area contributed by atoms with Crippen LogP contribution in [0.2, 0.25) is 0 Å². The van der Waals surface area contributed by atoms with Crippen LogP contribution in [0.25, 0.3) is 0 Å². The van der Waals surface area contributed by atoms with E-state index in [0.717, 1.165) is 51.0 Å². The van der Waals surface area contributed by atoms with Crippen molar-refractivity contribution in [3.8, 4) is 0 Å². The zero-order valence-corrected chi connectivity index (χ0v) is 19.7. The minimum Gasteiger partial charge on any atom is -0.459 e. The molecule has 0 atom stereocenters. The van der Waals surface area contributed by atoms with Crippen molar-refractivity contribution in [1.29, 1.82) is 0 Å². The SMILES string of the molecule is O=C(OCc1ccccc1)N1CCC(c2ccc(N3CCC(CC4OC=CO4)CC3)cc2)CC1. The Bertz CT molecular complexity index is 938. The van der Waals surface area contributed by atoms with E-state index in [0.29, 0.717) is 18.4 Å². The summed E-state index contributed by atoms with van der Waals surface area (Å²) in [6.45, 7) is 3.98. The highest BCUT2D eigenvalue weighted by Crippen LogP contribution is 2.32. The third-order valence-electron chi connectivity index (χ3n) is 7.34. The second-order valence-corrected chi connectivity index (χ2v) is 9.53. The molecule has 0 aliphatic carbocycles. The number of likely N-dealkylation sites (tertiary alicyclic amines) is 1. The monoisotopic (exact) mass is 462 g/mol. The predicted octanol–water partition coefficient (Wildman–Crippen LogP) is 5.65. The number of nitrogens with zero attached hydrogens (tertiary/aromatic N) is 2. The van der Waals surface area contributed by atoms with Gasteiger partial charge in [0, 0.05) is 38.3 Å². The minimum atomic E-state index is -0.205. The molecular formula is C28H34N2O4. The van der Waals surface area contributed by atoms with Gasteiger partial charge in [0.25, 0.3) is 0 Å². The first-order valence-electron chi connectivity index (χ1n) is 12.5. The molecule has 6 nitrogen and oxygen atoms in total. The normalized spacial score (nSPS) is 19.6. The van der Waals surface area contributed by atoms with Crippen LogP contribution in [0.1, 0.15) is 49.1 Å². The molecule has 6 heteroatoms. The second-order valence-electron chi connectivity index (χ2n) is 9.53. The number of piperidine rings is 2. The summed E-state index contributed by atoms with van der Waals surface area (Å²) in [5, 5.41) is 0. The van der Waals surface area contributed by atoms with Gasteiger partial charge in [-0.2, -0.15) is 0 Å². The van der Waals surface area contributed by atoms with E-state index in [9.17, 15) is 4.79 Å². The Morgan fingerprint density at radius 2 is 1.53 bits per heavy atom. The van der Waals surface area contributed by atoms with E-state index in [2.05, 4.69) is 29.2 Å². The van der Waals surface area contributed by atoms with Gasteiger partial charge in [-0.15, -0.1) is 0 Å². The summed E-state index contributed by atoms with van der Waals surface area (Å²) in [5.74, 6) is 1.16. The van der Waals surface area contributed by atoms with Crippen LogP contribution in [0.3, 0.4) is 0 Å². The fourth-order valence-electron chi connectivity index (χ4n) is 5.24. The maximum absolute atomic E-state index is 12.4. The Morgan fingerprint density at radius 3 is 2.21 bits per heavy atom. The summed E-state index contributed by atoms with van der Waals surface area (Å²) in [7, 11) is 0. The van der Waals surface area contributed by atoms with Crippen LogP contribution in [0.5, 0.6) is 0 Å². The molecule has 2 fully saturated rings. The molecule has 2 aromatic carbocycles. The lowest BCUT2D eigenvalue weighted by Gasteiger charge is -2.35. The van der Waals surface area contributed by atoms with E-state index in [4.69, 9.17) is 14.2 Å². The molecule has 0 saturated carbocycles. The summed E-state index contributed by atoms with van der Waals surface area (Å²) in [6.07, 6.45) is 8.25. The Labute approximate surface area is 202 Å². The van der Waals surface area contributed by atoms with Crippen LogP contribution < -0.4 is 4.90 Å². The molecule has 0 bridgehead atoms. The van der Waals surface area contributed by atoms with Gasteiger partial charge >= 0.3 is 6.09 Å². The van der Waals surface area contributed by atoms with Crippen molar-refractivity contribution in [2.45, 2.75) is 50.9 Å². The van der Waals surface area contributed by atoms with E-state index >= 15 is 0 Å². The molecule has 3 aliphatic rings. The first-order chi connectivity index (χ1) is 16.7. The van der Waals surface area contributed by atoms with Crippen molar-refractivity contribution in [3.05, 3.63) is 78.2 Å². The molecule has 1 amide bonds. The molecule has 0 aromatic heterocycles. The van der Waals surface area contributed by atoms with Gasteiger partial charge in [0.15, 0.2) is 0 Å². The van der Waals surface area contributed by atoms with E-state index in [1.165, 1.54) is 24.1 Å². The van der Waals surface area contributed by atoms with Gasteiger partial charge in [-0.1, -0.05) is 42.5 Å². The standard InChI is InChI=1S/C28H34N2O4/c31-28(34-21-23-4-2-1-3-5-23)30-16-12-25(13-17-30)24-6-8-26(9-7-24)29-14-10-22(11-15-29)20-27-32-18-19-33-27/h1-9,18-19,22,25,27H,10-17,20-21H2. The highest BCUT2D eigenvalue weighted by molar-refractivity contribution is 5.67. The average Bonchev–Trinajstić information content (AvgIpc) is 3.42. The van der Waals surface area contributed by atoms with Crippen molar-refractivity contribution >= 4 is 11.8 Å². The molecule has 3 aliphatic heterocycles. The number of carbonyl (C=O) groups excluding carboxylic acids is 1. The van der Waals surface area contributed by atoms with Crippen LogP contribution in [0.4, 0.5) is 10.5 Å². The summed E-state index contributed by atoms with van der Waals surface area (Å²) >= 11 is 0. The lowest BCUT2D eigenvalue weighted by Crippen LogP contribution is -2.38. The molecular weight excluding hydrogens is 428 g/mol. The topological polar surface area (TPSA) is 51.2 Å². The van der Waals surface area contributed by atoms with E-state index in [1.54, 1.807) is 12.5 Å². The van der Waals surface area contributed by atoms with Crippen LogP contribution in [0, 0.1) is 5.92 Å². The quantitative estimate of drug-likeness (QED) is 0.555. The predicted molar refractivity (Wildman–Crippen MR) is 131 cm³/mol. The van der Waals surface area contributed by atoms with Crippen LogP contribution in [-0.2, 0) is 20.8 Å². The number of amides is 1. The number of anilines is 1. The second kappa shape index (κ2) is 10.9. The number of hydrogen-bond acceptors (Lipinski definition) is 5. The van der Waals surface area contributed by atoms with Crippen molar-refractivity contribution in [1.82, 2.24) is 4.90 Å². The summed E-state index contributed by atoms with van der Waals surface area (Å²) in [6, 6.07) is 18.9. The van der Waals surface area contributed by atoms with Crippen LogP contribution >= 0.6 is 0 Å². The molecule has 180 valence electrons. The highest BCUT2D eigenvalue weighted by Gasteiger charge is 2.26. The lowest BCUT2D eigenvalue weighted by atomic mass is 9.89. The summed E-state index contributed by atoms with van der Waals surface area (Å²) in [4.78, 5) is 16.8. The fraction of sp³-hybridized carbons (Fsp3) is 0.464. The van der Waals surface area contributed by atoms with Crippen LogP contribution in [-0.4, -0.2) is 43.5 Å². The highest BCUT2D eigenvalue weighted by atomic mass is 16.7. The van der Waals surface area contributed by atoms with Gasteiger partial charge in [0.1, 0.15) is 19.1 Å². The summed E-state index contributed by atoms with van der Waals surface area (Å²) < 4.78 is 16.4. The number of benzene rings is 2. The molecule has 2 saturated heterocycles. The third kappa shape index (κ3) is 5.66. The molecule has 0 spiro atoms. The largest absolute Gasteiger partial charge is 0.459 e.